The fourth-order valence-corrected chi connectivity index (χ4v) is 2.23. The van der Waals surface area contributed by atoms with Gasteiger partial charge in [0.15, 0.2) is 0 Å². The monoisotopic (exact) mass is 227 g/mol. The van der Waals surface area contributed by atoms with Crippen molar-refractivity contribution >= 4 is 6.03 Å². The molecule has 0 spiro atoms. The molecule has 2 atom stereocenters. The zero-order chi connectivity index (χ0) is 11.5. The molecule has 2 fully saturated rings. The minimum absolute atomic E-state index is 0.124. The van der Waals surface area contributed by atoms with Crippen LogP contribution < -0.4 is 5.73 Å². The van der Waals surface area contributed by atoms with Gasteiger partial charge in [-0.15, -0.1) is 0 Å². The fourth-order valence-electron chi connectivity index (χ4n) is 2.23. The molecule has 16 heavy (non-hydrogen) atoms. The quantitative estimate of drug-likeness (QED) is 0.639. The summed E-state index contributed by atoms with van der Waals surface area (Å²) in [7, 11) is 0. The van der Waals surface area contributed by atoms with Crippen molar-refractivity contribution in [3.8, 4) is 0 Å². The summed E-state index contributed by atoms with van der Waals surface area (Å²) in [4.78, 5) is 15.9. The number of ether oxygens (including phenoxy) is 1. The van der Waals surface area contributed by atoms with E-state index in [4.69, 9.17) is 10.5 Å². The number of carbonyl (C=O) groups is 1. The molecule has 2 unspecified atom stereocenters. The molecule has 0 bridgehead atoms. The first-order chi connectivity index (χ1) is 7.68. The van der Waals surface area contributed by atoms with Gasteiger partial charge < -0.3 is 20.3 Å². The van der Waals surface area contributed by atoms with E-state index in [9.17, 15) is 4.79 Å². The normalized spacial score (nSPS) is 31.6. The van der Waals surface area contributed by atoms with Gasteiger partial charge in [-0.05, 0) is 12.3 Å². The molecule has 2 heterocycles. The summed E-state index contributed by atoms with van der Waals surface area (Å²) in [6, 6.07) is 0.254. The van der Waals surface area contributed by atoms with Crippen molar-refractivity contribution in [1.82, 2.24) is 9.80 Å². The van der Waals surface area contributed by atoms with E-state index in [2.05, 4.69) is 6.92 Å². The van der Waals surface area contributed by atoms with Gasteiger partial charge in [-0.3, -0.25) is 0 Å². The predicted molar refractivity (Wildman–Crippen MR) is 61.1 cm³/mol. The summed E-state index contributed by atoms with van der Waals surface area (Å²) in [6.45, 7) is 6.41. The first kappa shape index (κ1) is 11.7. The van der Waals surface area contributed by atoms with Crippen molar-refractivity contribution in [3.63, 3.8) is 0 Å². The van der Waals surface area contributed by atoms with Crippen LogP contribution in [0.3, 0.4) is 0 Å². The summed E-state index contributed by atoms with van der Waals surface area (Å²) in [5.74, 6) is 0.522. The third-order valence-electron chi connectivity index (χ3n) is 3.57. The van der Waals surface area contributed by atoms with Crippen LogP contribution in [0.25, 0.3) is 0 Å². The number of urea groups is 1. The summed E-state index contributed by atoms with van der Waals surface area (Å²) in [5.41, 5.74) is 6.00. The van der Waals surface area contributed by atoms with Gasteiger partial charge in [0.25, 0.3) is 0 Å². The molecule has 92 valence electrons. The summed E-state index contributed by atoms with van der Waals surface area (Å²) >= 11 is 0. The maximum atomic E-state index is 12.1. The molecule has 0 aromatic carbocycles. The topological polar surface area (TPSA) is 58.8 Å². The van der Waals surface area contributed by atoms with Crippen LogP contribution >= 0.6 is 0 Å². The average Bonchev–Trinajstić information content (AvgIpc) is 2.33. The van der Waals surface area contributed by atoms with Gasteiger partial charge in [-0.1, -0.05) is 6.92 Å². The Morgan fingerprint density at radius 3 is 2.56 bits per heavy atom. The highest BCUT2D eigenvalue weighted by molar-refractivity contribution is 5.74. The SMILES string of the molecule is CC1CCN(C(=O)N2CCOCC2)CC1N. The molecule has 0 aromatic rings. The first-order valence-electron chi connectivity index (χ1n) is 6.05. The molecule has 2 amide bonds. The van der Waals surface area contributed by atoms with Crippen LogP contribution in [0.2, 0.25) is 0 Å². The van der Waals surface area contributed by atoms with E-state index >= 15 is 0 Å². The molecule has 2 saturated heterocycles. The number of hydrogen-bond donors (Lipinski definition) is 1. The van der Waals surface area contributed by atoms with E-state index in [0.717, 1.165) is 13.0 Å². The number of hydrogen-bond acceptors (Lipinski definition) is 3. The van der Waals surface area contributed by atoms with Gasteiger partial charge >= 0.3 is 6.03 Å². The van der Waals surface area contributed by atoms with E-state index in [-0.39, 0.29) is 12.1 Å². The zero-order valence-electron chi connectivity index (χ0n) is 9.89. The second kappa shape index (κ2) is 5.01. The summed E-state index contributed by atoms with van der Waals surface area (Å²) in [5, 5.41) is 0. The van der Waals surface area contributed by atoms with Gasteiger partial charge in [-0.2, -0.15) is 0 Å². The van der Waals surface area contributed by atoms with E-state index in [0.29, 0.717) is 38.8 Å². The van der Waals surface area contributed by atoms with E-state index in [1.807, 2.05) is 9.80 Å². The Morgan fingerprint density at radius 1 is 1.25 bits per heavy atom. The van der Waals surface area contributed by atoms with Gasteiger partial charge in [0.05, 0.1) is 13.2 Å². The molecule has 2 aliphatic rings. The van der Waals surface area contributed by atoms with Crippen molar-refractivity contribution in [2.24, 2.45) is 11.7 Å². The fraction of sp³-hybridized carbons (Fsp3) is 0.909. The first-order valence-corrected chi connectivity index (χ1v) is 6.05. The third-order valence-corrected chi connectivity index (χ3v) is 3.57. The molecular weight excluding hydrogens is 206 g/mol. The van der Waals surface area contributed by atoms with Crippen molar-refractivity contribution in [1.29, 1.82) is 0 Å². The Labute approximate surface area is 96.5 Å². The molecule has 5 heteroatoms. The molecule has 2 aliphatic heterocycles. The highest BCUT2D eigenvalue weighted by Crippen LogP contribution is 2.17. The minimum atomic E-state index is 0.124. The smallest absolute Gasteiger partial charge is 0.320 e. The number of rotatable bonds is 0. The lowest BCUT2D eigenvalue weighted by atomic mass is 9.94. The maximum absolute atomic E-state index is 12.1. The third kappa shape index (κ3) is 2.47. The number of morpholine rings is 1. The van der Waals surface area contributed by atoms with E-state index < -0.39 is 0 Å². The van der Waals surface area contributed by atoms with Crippen molar-refractivity contribution < 1.29 is 9.53 Å². The van der Waals surface area contributed by atoms with Gasteiger partial charge in [0.1, 0.15) is 0 Å². The molecule has 0 aromatic heterocycles. The number of piperidine rings is 1. The Morgan fingerprint density at radius 2 is 1.94 bits per heavy atom. The maximum Gasteiger partial charge on any atom is 0.320 e. The number of likely N-dealkylation sites (tertiary alicyclic amines) is 1. The van der Waals surface area contributed by atoms with Crippen LogP contribution in [0.4, 0.5) is 4.79 Å². The molecule has 0 aliphatic carbocycles. The van der Waals surface area contributed by atoms with Gasteiger partial charge in [-0.25, -0.2) is 4.79 Å². The van der Waals surface area contributed by atoms with E-state index in [1.54, 1.807) is 0 Å². The number of nitrogens with two attached hydrogens (primary N) is 1. The standard InChI is InChI=1S/C11H21N3O2/c1-9-2-3-14(8-10(9)12)11(15)13-4-6-16-7-5-13/h9-10H,2-8,12H2,1H3. The molecule has 2 rings (SSSR count). The second-order valence-corrected chi connectivity index (χ2v) is 4.76. The number of nitrogens with zero attached hydrogens (tertiary/aromatic N) is 2. The largest absolute Gasteiger partial charge is 0.378 e. The van der Waals surface area contributed by atoms with Crippen LogP contribution in [0.1, 0.15) is 13.3 Å². The minimum Gasteiger partial charge on any atom is -0.378 e. The molecule has 0 radical (unpaired) electrons. The Balaban J connectivity index is 1.89. The molecule has 0 saturated carbocycles. The predicted octanol–water partition coefficient (Wildman–Crippen LogP) is 0.108. The molecular formula is C11H21N3O2. The lowest BCUT2D eigenvalue weighted by Crippen LogP contribution is -2.55. The highest BCUT2D eigenvalue weighted by Gasteiger charge is 2.29. The second-order valence-electron chi connectivity index (χ2n) is 4.76. The lowest BCUT2D eigenvalue weighted by molar-refractivity contribution is 0.0392. The zero-order valence-corrected chi connectivity index (χ0v) is 9.89. The Kier molecular flexibility index (Phi) is 3.66. The van der Waals surface area contributed by atoms with Crippen LogP contribution in [0.15, 0.2) is 0 Å². The number of amides is 2. The van der Waals surface area contributed by atoms with Gasteiger partial charge in [0.2, 0.25) is 0 Å². The average molecular weight is 227 g/mol. The Bertz CT molecular complexity index is 254. The summed E-state index contributed by atoms with van der Waals surface area (Å²) in [6.07, 6.45) is 1.01. The van der Waals surface area contributed by atoms with Crippen molar-refractivity contribution in [2.75, 3.05) is 39.4 Å². The highest BCUT2D eigenvalue weighted by atomic mass is 16.5. The van der Waals surface area contributed by atoms with Crippen molar-refractivity contribution in [2.45, 2.75) is 19.4 Å². The lowest BCUT2D eigenvalue weighted by Gasteiger charge is -2.39. The number of carbonyl (C=O) groups excluding carboxylic acids is 1. The van der Waals surface area contributed by atoms with Crippen LogP contribution in [0.5, 0.6) is 0 Å². The van der Waals surface area contributed by atoms with Crippen LogP contribution in [-0.4, -0.2) is 61.3 Å². The van der Waals surface area contributed by atoms with Crippen LogP contribution in [-0.2, 0) is 4.74 Å². The van der Waals surface area contributed by atoms with Crippen molar-refractivity contribution in [3.05, 3.63) is 0 Å². The Hall–Kier alpha value is -0.810. The van der Waals surface area contributed by atoms with Gasteiger partial charge in [0, 0.05) is 32.2 Å². The van der Waals surface area contributed by atoms with Crippen LogP contribution in [0, 0.1) is 5.92 Å². The molecule has 5 nitrogen and oxygen atoms in total. The molecule has 2 N–H and O–H groups in total. The summed E-state index contributed by atoms with van der Waals surface area (Å²) < 4.78 is 5.24. The van der Waals surface area contributed by atoms with E-state index in [1.165, 1.54) is 0 Å².